The minimum Gasteiger partial charge on any atom is -0.493 e. The highest BCUT2D eigenvalue weighted by atomic mass is 79.9. The van der Waals surface area contributed by atoms with E-state index in [-0.39, 0.29) is 12.1 Å². The highest BCUT2D eigenvalue weighted by Gasteiger charge is 2.51. The molecule has 4 rings (SSSR count). The highest BCUT2D eigenvalue weighted by molar-refractivity contribution is 9.10. The number of hydrogen-bond donors (Lipinski definition) is 1. The lowest BCUT2D eigenvalue weighted by Crippen LogP contribution is -2.65. The summed E-state index contributed by atoms with van der Waals surface area (Å²) < 4.78 is 12.8. The molecule has 2 aliphatic rings. The van der Waals surface area contributed by atoms with Gasteiger partial charge in [-0.25, -0.2) is 4.79 Å². The van der Waals surface area contributed by atoms with Gasteiger partial charge >= 0.3 is 6.03 Å². The number of benzene rings is 2. The van der Waals surface area contributed by atoms with E-state index < -0.39 is 5.72 Å². The topological polar surface area (TPSA) is 50.8 Å². The Morgan fingerprint density at radius 3 is 2.84 bits per heavy atom. The van der Waals surface area contributed by atoms with Crippen LogP contribution in [0.1, 0.15) is 30.5 Å². The lowest BCUT2D eigenvalue weighted by atomic mass is 9.89. The summed E-state index contributed by atoms with van der Waals surface area (Å²) >= 11 is 3.50. The number of amides is 2. The monoisotopic (exact) mass is 402 g/mol. The lowest BCUT2D eigenvalue weighted by molar-refractivity contribution is 0.0348. The maximum absolute atomic E-state index is 12.9. The Labute approximate surface area is 155 Å². The van der Waals surface area contributed by atoms with Crippen molar-refractivity contribution in [2.45, 2.75) is 32.0 Å². The summed E-state index contributed by atoms with van der Waals surface area (Å²) in [7, 11) is 1.62. The van der Waals surface area contributed by atoms with E-state index in [0.29, 0.717) is 17.9 Å². The second-order valence-corrected chi connectivity index (χ2v) is 7.55. The van der Waals surface area contributed by atoms with E-state index in [2.05, 4.69) is 21.2 Å². The summed E-state index contributed by atoms with van der Waals surface area (Å²) in [6.45, 7) is 3.95. The van der Waals surface area contributed by atoms with Crippen molar-refractivity contribution in [2.75, 3.05) is 12.0 Å². The molecule has 1 N–H and O–H groups in total. The van der Waals surface area contributed by atoms with Gasteiger partial charge in [-0.15, -0.1) is 0 Å². The Hall–Kier alpha value is -2.21. The van der Waals surface area contributed by atoms with Crippen LogP contribution in [-0.2, 0) is 0 Å². The first-order valence-electron chi connectivity index (χ1n) is 8.16. The molecule has 130 valence electrons. The van der Waals surface area contributed by atoms with Crippen LogP contribution in [0.2, 0.25) is 0 Å². The SMILES string of the molecule is COc1cc(Br)cc2c1O[C@@]1(C)C[C@@H]2NC(=O)N1c1ccccc1C. The molecule has 2 heterocycles. The predicted octanol–water partition coefficient (Wildman–Crippen LogP) is 4.54. The first-order chi connectivity index (χ1) is 11.9. The molecular weight excluding hydrogens is 384 g/mol. The predicted molar refractivity (Wildman–Crippen MR) is 99.3 cm³/mol. The molecule has 1 fully saturated rings. The standard InChI is InChI=1S/C19H19BrN2O3/c1-11-6-4-5-7-15(11)22-18(23)21-14-10-19(22,2)25-17-13(14)8-12(20)9-16(17)24-3/h4-9,14H,10H2,1-3H3,(H,21,23)/t14-,19-/m0/s1. The van der Waals surface area contributed by atoms with Crippen molar-refractivity contribution < 1.29 is 14.3 Å². The molecule has 25 heavy (non-hydrogen) atoms. The van der Waals surface area contributed by atoms with Crippen LogP contribution in [-0.4, -0.2) is 18.9 Å². The number of para-hydroxylation sites is 1. The largest absolute Gasteiger partial charge is 0.493 e. The number of fused-ring (bicyclic) bond motifs is 4. The fraction of sp³-hybridized carbons (Fsp3) is 0.316. The molecule has 2 bridgehead atoms. The van der Waals surface area contributed by atoms with Gasteiger partial charge in [-0.05, 0) is 37.6 Å². The summed E-state index contributed by atoms with van der Waals surface area (Å²) in [5.41, 5.74) is 2.02. The average molecular weight is 403 g/mol. The number of methoxy groups -OCH3 is 1. The molecule has 2 aliphatic heterocycles. The number of hydrogen-bond acceptors (Lipinski definition) is 3. The molecule has 0 saturated carbocycles. The van der Waals surface area contributed by atoms with Crippen LogP contribution in [0.5, 0.6) is 11.5 Å². The number of urea groups is 1. The normalized spacial score (nSPS) is 24.2. The second kappa shape index (κ2) is 5.66. The third-order valence-corrected chi connectivity index (χ3v) is 5.34. The molecule has 2 aromatic rings. The number of halogens is 1. The zero-order valence-corrected chi connectivity index (χ0v) is 15.9. The van der Waals surface area contributed by atoms with Crippen molar-refractivity contribution in [3.05, 3.63) is 52.0 Å². The van der Waals surface area contributed by atoms with Crippen molar-refractivity contribution in [1.82, 2.24) is 5.32 Å². The van der Waals surface area contributed by atoms with Crippen molar-refractivity contribution in [3.63, 3.8) is 0 Å². The van der Waals surface area contributed by atoms with Crippen LogP contribution in [0, 0.1) is 6.92 Å². The molecule has 2 amide bonds. The van der Waals surface area contributed by atoms with Crippen LogP contribution in [0.25, 0.3) is 0 Å². The van der Waals surface area contributed by atoms with Gasteiger partial charge in [-0.2, -0.15) is 0 Å². The van der Waals surface area contributed by atoms with Crippen LogP contribution in [0.4, 0.5) is 10.5 Å². The number of aryl methyl sites for hydroxylation is 1. The zero-order valence-electron chi connectivity index (χ0n) is 14.3. The Morgan fingerprint density at radius 2 is 2.12 bits per heavy atom. The Kier molecular flexibility index (Phi) is 3.68. The van der Waals surface area contributed by atoms with Crippen molar-refractivity contribution >= 4 is 27.6 Å². The number of carbonyl (C=O) groups excluding carboxylic acids is 1. The highest BCUT2D eigenvalue weighted by Crippen LogP contribution is 2.50. The molecule has 0 radical (unpaired) electrons. The molecule has 0 aliphatic carbocycles. The number of anilines is 1. The number of nitrogens with one attached hydrogen (secondary N) is 1. The minimum absolute atomic E-state index is 0.118. The van der Waals surface area contributed by atoms with Gasteiger partial charge in [0, 0.05) is 16.5 Å². The third kappa shape index (κ3) is 2.47. The van der Waals surface area contributed by atoms with Gasteiger partial charge in [0.2, 0.25) is 0 Å². The summed E-state index contributed by atoms with van der Waals surface area (Å²) in [5.74, 6) is 1.34. The van der Waals surface area contributed by atoms with E-state index in [1.807, 2.05) is 50.2 Å². The maximum Gasteiger partial charge on any atom is 0.325 e. The summed E-state index contributed by atoms with van der Waals surface area (Å²) in [6.07, 6.45) is 0.652. The van der Waals surface area contributed by atoms with Gasteiger partial charge in [0.1, 0.15) is 0 Å². The van der Waals surface area contributed by atoms with Gasteiger partial charge in [0.25, 0.3) is 0 Å². The van der Waals surface area contributed by atoms with E-state index >= 15 is 0 Å². The molecule has 1 saturated heterocycles. The molecule has 2 atom stereocenters. The molecule has 5 nitrogen and oxygen atoms in total. The molecule has 2 aromatic carbocycles. The second-order valence-electron chi connectivity index (χ2n) is 6.63. The molecule has 6 heteroatoms. The summed E-state index contributed by atoms with van der Waals surface area (Å²) in [6, 6.07) is 11.4. The van der Waals surface area contributed by atoms with E-state index in [9.17, 15) is 4.79 Å². The fourth-order valence-corrected chi connectivity index (χ4v) is 4.19. The minimum atomic E-state index is -0.785. The fourth-order valence-electron chi connectivity index (χ4n) is 3.73. The number of nitrogens with zero attached hydrogens (tertiary/aromatic N) is 1. The lowest BCUT2D eigenvalue weighted by Gasteiger charge is -2.51. The van der Waals surface area contributed by atoms with Crippen LogP contribution >= 0.6 is 15.9 Å². The number of ether oxygens (including phenoxy) is 2. The Morgan fingerprint density at radius 1 is 1.36 bits per heavy atom. The summed E-state index contributed by atoms with van der Waals surface area (Å²) in [4.78, 5) is 14.6. The number of carbonyl (C=O) groups is 1. The van der Waals surface area contributed by atoms with E-state index in [0.717, 1.165) is 21.3 Å². The quantitative estimate of drug-likeness (QED) is 0.802. The van der Waals surface area contributed by atoms with E-state index in [4.69, 9.17) is 9.47 Å². The maximum atomic E-state index is 12.9. The Bertz CT molecular complexity index is 870. The summed E-state index contributed by atoms with van der Waals surface area (Å²) in [5, 5.41) is 3.11. The average Bonchev–Trinajstić information content (AvgIpc) is 2.56. The smallest absolute Gasteiger partial charge is 0.325 e. The molecule has 0 unspecified atom stereocenters. The molecular formula is C19H19BrN2O3. The first-order valence-corrected chi connectivity index (χ1v) is 8.95. The number of rotatable bonds is 2. The van der Waals surface area contributed by atoms with Gasteiger partial charge < -0.3 is 14.8 Å². The van der Waals surface area contributed by atoms with Crippen molar-refractivity contribution in [2.24, 2.45) is 0 Å². The van der Waals surface area contributed by atoms with Gasteiger partial charge in [0.15, 0.2) is 17.2 Å². The van der Waals surface area contributed by atoms with Crippen molar-refractivity contribution in [3.8, 4) is 11.5 Å². The van der Waals surface area contributed by atoms with Crippen LogP contribution in [0.15, 0.2) is 40.9 Å². The Balaban J connectivity index is 1.86. The van der Waals surface area contributed by atoms with Crippen LogP contribution < -0.4 is 19.7 Å². The molecule has 0 spiro atoms. The van der Waals surface area contributed by atoms with Crippen molar-refractivity contribution in [1.29, 1.82) is 0 Å². The van der Waals surface area contributed by atoms with Gasteiger partial charge in [0.05, 0.1) is 18.8 Å². The van der Waals surface area contributed by atoms with Gasteiger partial charge in [-0.1, -0.05) is 34.1 Å². The van der Waals surface area contributed by atoms with E-state index in [1.54, 1.807) is 12.0 Å². The van der Waals surface area contributed by atoms with E-state index in [1.165, 1.54) is 0 Å². The third-order valence-electron chi connectivity index (χ3n) is 4.88. The zero-order chi connectivity index (χ0) is 17.8. The van der Waals surface area contributed by atoms with Crippen LogP contribution in [0.3, 0.4) is 0 Å². The molecule has 0 aromatic heterocycles. The first kappa shape index (κ1) is 16.3. The van der Waals surface area contributed by atoms with Gasteiger partial charge in [-0.3, -0.25) is 4.90 Å².